The van der Waals surface area contributed by atoms with Crippen LogP contribution in [0.1, 0.15) is 18.4 Å². The van der Waals surface area contributed by atoms with Crippen LogP contribution >= 0.6 is 23.2 Å². The zero-order valence-corrected chi connectivity index (χ0v) is 13.5. The largest absolute Gasteiger partial charge is 0.423 e. The zero-order valence-electron chi connectivity index (χ0n) is 12.0. The fourth-order valence-electron chi connectivity index (χ4n) is 2.71. The number of oxazole rings is 1. The van der Waals surface area contributed by atoms with Crippen molar-refractivity contribution in [2.24, 2.45) is 0 Å². The second-order valence-corrected chi connectivity index (χ2v) is 6.55. The molecular weight excluding hydrogens is 335 g/mol. The molecule has 2 aromatic carbocycles. The van der Waals surface area contributed by atoms with Crippen LogP contribution in [-0.4, -0.2) is 10.9 Å². The number of fused-ring (bicyclic) bond motifs is 1. The first kappa shape index (κ1) is 14.5. The van der Waals surface area contributed by atoms with Gasteiger partial charge in [0.25, 0.3) is 0 Å². The first-order valence-corrected chi connectivity index (χ1v) is 7.96. The van der Waals surface area contributed by atoms with Crippen LogP contribution < -0.4 is 5.32 Å². The number of aromatic nitrogens is 1. The zero-order chi connectivity index (χ0) is 16.0. The number of carbonyl (C=O) groups excluding carboxylic acids is 1. The van der Waals surface area contributed by atoms with Crippen molar-refractivity contribution in [3.8, 4) is 0 Å². The Morgan fingerprint density at radius 2 is 1.78 bits per heavy atom. The van der Waals surface area contributed by atoms with E-state index in [0.29, 0.717) is 21.1 Å². The lowest BCUT2D eigenvalue weighted by atomic mass is 9.95. The third kappa shape index (κ3) is 2.58. The van der Waals surface area contributed by atoms with E-state index in [2.05, 4.69) is 10.3 Å². The van der Waals surface area contributed by atoms with E-state index in [0.717, 1.165) is 18.4 Å². The topological polar surface area (TPSA) is 55.1 Å². The van der Waals surface area contributed by atoms with E-state index in [1.54, 1.807) is 30.3 Å². The van der Waals surface area contributed by atoms with E-state index in [9.17, 15) is 4.79 Å². The van der Waals surface area contributed by atoms with Gasteiger partial charge in [0, 0.05) is 10.0 Å². The number of anilines is 1. The predicted molar refractivity (Wildman–Crippen MR) is 90.0 cm³/mol. The van der Waals surface area contributed by atoms with Gasteiger partial charge in [0.05, 0.1) is 5.41 Å². The molecule has 0 aliphatic heterocycles. The maximum atomic E-state index is 12.7. The Labute approximate surface area is 142 Å². The molecule has 23 heavy (non-hydrogen) atoms. The molecule has 1 N–H and O–H groups in total. The van der Waals surface area contributed by atoms with Gasteiger partial charge < -0.3 is 4.42 Å². The molecule has 4 nitrogen and oxygen atoms in total. The van der Waals surface area contributed by atoms with Gasteiger partial charge in [-0.3, -0.25) is 10.1 Å². The van der Waals surface area contributed by atoms with Crippen LogP contribution in [0.5, 0.6) is 0 Å². The normalized spacial score (nSPS) is 15.6. The van der Waals surface area contributed by atoms with E-state index in [-0.39, 0.29) is 11.9 Å². The first-order chi connectivity index (χ1) is 11.1. The summed E-state index contributed by atoms with van der Waals surface area (Å²) >= 11 is 11.8. The summed E-state index contributed by atoms with van der Waals surface area (Å²) in [7, 11) is 0. The highest BCUT2D eigenvalue weighted by atomic mass is 35.5. The minimum Gasteiger partial charge on any atom is -0.423 e. The van der Waals surface area contributed by atoms with E-state index < -0.39 is 5.41 Å². The van der Waals surface area contributed by atoms with E-state index >= 15 is 0 Å². The molecule has 0 radical (unpaired) electrons. The highest BCUT2D eigenvalue weighted by Crippen LogP contribution is 2.49. The Hall–Kier alpha value is -2.04. The number of amides is 1. The second kappa shape index (κ2) is 5.25. The van der Waals surface area contributed by atoms with Gasteiger partial charge in [-0.2, -0.15) is 4.98 Å². The minimum atomic E-state index is -0.511. The number of nitrogens with one attached hydrogen (secondary N) is 1. The van der Waals surface area contributed by atoms with Crippen molar-refractivity contribution in [1.82, 2.24) is 4.98 Å². The van der Waals surface area contributed by atoms with E-state index in [1.807, 2.05) is 12.1 Å². The number of halogens is 2. The van der Waals surface area contributed by atoms with E-state index in [1.165, 1.54) is 0 Å². The van der Waals surface area contributed by atoms with Crippen molar-refractivity contribution in [3.05, 3.63) is 58.1 Å². The molecule has 0 unspecified atom stereocenters. The summed E-state index contributed by atoms with van der Waals surface area (Å²) in [6.45, 7) is 0. The van der Waals surface area contributed by atoms with Gasteiger partial charge in [0.2, 0.25) is 5.91 Å². The summed E-state index contributed by atoms with van der Waals surface area (Å²) < 4.78 is 5.55. The van der Waals surface area contributed by atoms with Gasteiger partial charge in [-0.25, -0.2) is 0 Å². The summed E-state index contributed by atoms with van der Waals surface area (Å²) in [6, 6.07) is 12.7. The van der Waals surface area contributed by atoms with Crippen molar-refractivity contribution in [2.75, 3.05) is 5.32 Å². The molecule has 6 heteroatoms. The molecule has 1 amide bonds. The molecule has 1 heterocycles. The molecule has 1 aliphatic carbocycles. The van der Waals surface area contributed by atoms with Crippen LogP contribution in [0.3, 0.4) is 0 Å². The molecule has 3 aromatic rings. The second-order valence-electron chi connectivity index (χ2n) is 5.67. The van der Waals surface area contributed by atoms with Crippen LogP contribution in [0.2, 0.25) is 10.0 Å². The van der Waals surface area contributed by atoms with E-state index in [4.69, 9.17) is 27.6 Å². The third-order valence-corrected chi connectivity index (χ3v) is 4.64. The van der Waals surface area contributed by atoms with Gasteiger partial charge in [0.15, 0.2) is 5.58 Å². The van der Waals surface area contributed by atoms with Crippen molar-refractivity contribution < 1.29 is 9.21 Å². The predicted octanol–water partition coefficient (Wildman–Crippen LogP) is 4.80. The van der Waals surface area contributed by atoms with Crippen LogP contribution in [-0.2, 0) is 10.2 Å². The van der Waals surface area contributed by atoms with Gasteiger partial charge in [0.1, 0.15) is 5.52 Å². The average Bonchev–Trinajstić information content (AvgIpc) is 3.24. The lowest BCUT2D eigenvalue weighted by Gasteiger charge is -2.14. The average molecular weight is 347 g/mol. The number of hydrogen-bond acceptors (Lipinski definition) is 3. The molecule has 0 atom stereocenters. The highest BCUT2D eigenvalue weighted by molar-refractivity contribution is 6.31. The number of benzene rings is 2. The lowest BCUT2D eigenvalue weighted by Crippen LogP contribution is -2.27. The van der Waals surface area contributed by atoms with Gasteiger partial charge >= 0.3 is 6.01 Å². The standard InChI is InChI=1S/C17H12Cl2N2O2/c18-11-3-1-10(2-4-11)17(7-8-17)15(22)21-16-20-13-9-12(19)5-6-14(13)23-16/h1-6,9H,7-8H2,(H,20,21,22). The van der Waals surface area contributed by atoms with Gasteiger partial charge in [-0.1, -0.05) is 35.3 Å². The molecule has 116 valence electrons. The molecule has 1 aromatic heterocycles. The summed E-state index contributed by atoms with van der Waals surface area (Å²) in [5, 5.41) is 4.00. The van der Waals surface area contributed by atoms with Crippen LogP contribution in [0.4, 0.5) is 6.01 Å². The Morgan fingerprint density at radius 3 is 2.48 bits per heavy atom. The van der Waals surface area contributed by atoms with Crippen molar-refractivity contribution in [3.63, 3.8) is 0 Å². The van der Waals surface area contributed by atoms with Crippen LogP contribution in [0.15, 0.2) is 46.9 Å². The molecule has 4 rings (SSSR count). The Bertz CT molecular complexity index is 899. The molecule has 0 saturated heterocycles. The minimum absolute atomic E-state index is 0.113. The Morgan fingerprint density at radius 1 is 1.09 bits per heavy atom. The molecular formula is C17H12Cl2N2O2. The number of nitrogens with zero attached hydrogens (tertiary/aromatic N) is 1. The fourth-order valence-corrected chi connectivity index (χ4v) is 3.00. The maximum Gasteiger partial charge on any atom is 0.302 e. The SMILES string of the molecule is O=C(Nc1nc2cc(Cl)ccc2o1)C1(c2ccc(Cl)cc2)CC1. The summed E-state index contributed by atoms with van der Waals surface area (Å²) in [6.07, 6.45) is 1.60. The number of rotatable bonds is 3. The maximum absolute atomic E-state index is 12.7. The lowest BCUT2D eigenvalue weighted by molar-refractivity contribution is -0.118. The molecule has 0 spiro atoms. The smallest absolute Gasteiger partial charge is 0.302 e. The molecule has 1 saturated carbocycles. The van der Waals surface area contributed by atoms with Crippen LogP contribution in [0, 0.1) is 0 Å². The fraction of sp³-hybridized carbons (Fsp3) is 0.176. The number of hydrogen-bond donors (Lipinski definition) is 1. The summed E-state index contributed by atoms with van der Waals surface area (Å²) in [5.41, 5.74) is 1.65. The molecule has 0 bridgehead atoms. The van der Waals surface area contributed by atoms with Crippen molar-refractivity contribution >= 4 is 46.2 Å². The Kier molecular flexibility index (Phi) is 3.32. The summed E-state index contributed by atoms with van der Waals surface area (Å²) in [5.74, 6) is -0.113. The van der Waals surface area contributed by atoms with Crippen molar-refractivity contribution in [1.29, 1.82) is 0 Å². The monoisotopic (exact) mass is 346 g/mol. The first-order valence-electron chi connectivity index (χ1n) is 7.20. The van der Waals surface area contributed by atoms with Crippen molar-refractivity contribution in [2.45, 2.75) is 18.3 Å². The third-order valence-electron chi connectivity index (χ3n) is 4.15. The quantitative estimate of drug-likeness (QED) is 0.740. The number of carbonyl (C=O) groups is 1. The van der Waals surface area contributed by atoms with Crippen LogP contribution in [0.25, 0.3) is 11.1 Å². The van der Waals surface area contributed by atoms with Gasteiger partial charge in [-0.05, 0) is 48.7 Å². The Balaban J connectivity index is 1.60. The molecule has 1 fully saturated rings. The van der Waals surface area contributed by atoms with Gasteiger partial charge in [-0.15, -0.1) is 0 Å². The molecule has 1 aliphatic rings. The summed E-state index contributed by atoms with van der Waals surface area (Å²) in [4.78, 5) is 16.9. The highest BCUT2D eigenvalue weighted by Gasteiger charge is 2.51.